The van der Waals surface area contributed by atoms with E-state index in [2.05, 4.69) is 29.2 Å². The number of amides is 1. The molecule has 0 bridgehead atoms. The molecule has 0 N–H and O–H groups in total. The summed E-state index contributed by atoms with van der Waals surface area (Å²) < 4.78 is 13.3. The lowest BCUT2D eigenvalue weighted by atomic mass is 10.1. The van der Waals surface area contributed by atoms with E-state index in [1.807, 2.05) is 55.5 Å². The highest BCUT2D eigenvalue weighted by Crippen LogP contribution is 2.38. The lowest BCUT2D eigenvalue weighted by molar-refractivity contribution is -0.121. The SMILES string of the molecule is C=CCN1C(=O)/C(=C/c2cc(I)c(OCc3ccccc3)c(OCC)c2)SC1=S. The largest absolute Gasteiger partial charge is 0.490 e. The summed E-state index contributed by atoms with van der Waals surface area (Å²) in [5.41, 5.74) is 1.95. The van der Waals surface area contributed by atoms with Crippen molar-refractivity contribution in [2.45, 2.75) is 13.5 Å². The summed E-state index contributed by atoms with van der Waals surface area (Å²) in [5.74, 6) is 1.26. The second-order valence-corrected chi connectivity index (χ2v) is 8.96. The summed E-state index contributed by atoms with van der Waals surface area (Å²) in [6, 6.07) is 13.9. The van der Waals surface area contributed by atoms with Crippen molar-refractivity contribution in [2.24, 2.45) is 0 Å². The molecule has 0 saturated carbocycles. The van der Waals surface area contributed by atoms with Crippen molar-refractivity contribution in [3.63, 3.8) is 0 Å². The van der Waals surface area contributed by atoms with E-state index in [0.29, 0.717) is 40.5 Å². The maximum atomic E-state index is 12.6. The Morgan fingerprint density at radius 3 is 2.69 bits per heavy atom. The fraction of sp³-hybridized carbons (Fsp3) is 0.182. The topological polar surface area (TPSA) is 38.8 Å². The lowest BCUT2D eigenvalue weighted by Gasteiger charge is -2.15. The smallest absolute Gasteiger partial charge is 0.266 e. The van der Waals surface area contributed by atoms with Crippen LogP contribution in [0.4, 0.5) is 0 Å². The normalized spacial score (nSPS) is 15.1. The van der Waals surface area contributed by atoms with Crippen LogP contribution in [0.2, 0.25) is 0 Å². The Labute approximate surface area is 194 Å². The number of carbonyl (C=O) groups is 1. The number of hydrogen-bond donors (Lipinski definition) is 0. The van der Waals surface area contributed by atoms with Crippen LogP contribution in [0.5, 0.6) is 11.5 Å². The number of hydrogen-bond acceptors (Lipinski definition) is 5. The molecular formula is C22H20INO3S2. The van der Waals surface area contributed by atoms with Crippen LogP contribution in [0, 0.1) is 3.57 Å². The maximum Gasteiger partial charge on any atom is 0.266 e. The van der Waals surface area contributed by atoms with Crippen LogP contribution in [0.15, 0.2) is 60.0 Å². The van der Waals surface area contributed by atoms with Gasteiger partial charge in [0.05, 0.1) is 15.1 Å². The summed E-state index contributed by atoms with van der Waals surface area (Å²) in [6.07, 6.45) is 3.51. The predicted molar refractivity (Wildman–Crippen MR) is 131 cm³/mol. The average molecular weight is 537 g/mol. The summed E-state index contributed by atoms with van der Waals surface area (Å²) in [4.78, 5) is 14.7. The summed E-state index contributed by atoms with van der Waals surface area (Å²) >= 11 is 8.84. The quantitative estimate of drug-likeness (QED) is 0.188. The van der Waals surface area contributed by atoms with Crippen molar-refractivity contribution in [1.29, 1.82) is 0 Å². The van der Waals surface area contributed by atoms with Crippen molar-refractivity contribution in [3.8, 4) is 11.5 Å². The highest BCUT2D eigenvalue weighted by molar-refractivity contribution is 14.1. The van der Waals surface area contributed by atoms with E-state index in [1.54, 1.807) is 11.0 Å². The van der Waals surface area contributed by atoms with E-state index in [-0.39, 0.29) is 5.91 Å². The first-order chi connectivity index (χ1) is 14.0. The minimum Gasteiger partial charge on any atom is -0.490 e. The van der Waals surface area contributed by atoms with Gasteiger partial charge in [-0.05, 0) is 58.9 Å². The molecule has 1 heterocycles. The average Bonchev–Trinajstić information content (AvgIpc) is 2.96. The van der Waals surface area contributed by atoms with Crippen molar-refractivity contribution >= 4 is 62.9 Å². The number of ether oxygens (including phenoxy) is 2. The molecule has 150 valence electrons. The molecular weight excluding hydrogens is 517 g/mol. The molecule has 0 unspecified atom stereocenters. The number of carbonyl (C=O) groups excluding carboxylic acids is 1. The van der Waals surface area contributed by atoms with Gasteiger partial charge in [-0.15, -0.1) is 6.58 Å². The van der Waals surface area contributed by atoms with Gasteiger partial charge in [0.2, 0.25) is 0 Å². The molecule has 29 heavy (non-hydrogen) atoms. The predicted octanol–water partition coefficient (Wildman–Crippen LogP) is 5.66. The number of thioether (sulfide) groups is 1. The number of halogens is 1. The van der Waals surface area contributed by atoms with Crippen LogP contribution in [0.3, 0.4) is 0 Å². The Hall–Kier alpha value is -1.84. The van der Waals surface area contributed by atoms with Crippen LogP contribution in [0.1, 0.15) is 18.1 Å². The van der Waals surface area contributed by atoms with Crippen LogP contribution < -0.4 is 9.47 Å². The third-order valence-electron chi connectivity index (χ3n) is 4.04. The Balaban J connectivity index is 1.87. The second kappa shape index (κ2) is 10.3. The van der Waals surface area contributed by atoms with Crippen molar-refractivity contribution in [3.05, 3.63) is 74.7 Å². The Kier molecular flexibility index (Phi) is 7.74. The molecule has 1 fully saturated rings. The molecule has 1 amide bonds. The van der Waals surface area contributed by atoms with Gasteiger partial charge in [0, 0.05) is 6.54 Å². The zero-order valence-corrected chi connectivity index (χ0v) is 19.7. The van der Waals surface area contributed by atoms with Gasteiger partial charge in [-0.1, -0.05) is 60.4 Å². The van der Waals surface area contributed by atoms with E-state index < -0.39 is 0 Å². The molecule has 0 radical (unpaired) electrons. The molecule has 2 aromatic carbocycles. The Morgan fingerprint density at radius 2 is 2.00 bits per heavy atom. The summed E-state index contributed by atoms with van der Waals surface area (Å²) in [7, 11) is 0. The molecule has 1 aliphatic heterocycles. The van der Waals surface area contributed by atoms with Crippen LogP contribution in [-0.4, -0.2) is 28.3 Å². The van der Waals surface area contributed by atoms with E-state index in [4.69, 9.17) is 21.7 Å². The third kappa shape index (κ3) is 5.40. The maximum absolute atomic E-state index is 12.6. The first kappa shape index (κ1) is 21.9. The molecule has 1 saturated heterocycles. The van der Waals surface area contributed by atoms with E-state index in [1.165, 1.54) is 11.8 Å². The van der Waals surface area contributed by atoms with Gasteiger partial charge in [0.25, 0.3) is 5.91 Å². The molecule has 0 aliphatic carbocycles. The lowest BCUT2D eigenvalue weighted by Crippen LogP contribution is -2.27. The number of rotatable bonds is 8. The van der Waals surface area contributed by atoms with E-state index in [0.717, 1.165) is 14.7 Å². The fourth-order valence-electron chi connectivity index (χ4n) is 2.74. The highest BCUT2D eigenvalue weighted by atomic mass is 127. The molecule has 4 nitrogen and oxygen atoms in total. The Morgan fingerprint density at radius 1 is 1.24 bits per heavy atom. The van der Waals surface area contributed by atoms with Crippen LogP contribution >= 0.6 is 46.6 Å². The number of benzene rings is 2. The van der Waals surface area contributed by atoms with Crippen LogP contribution in [-0.2, 0) is 11.4 Å². The number of thiocarbonyl (C=S) groups is 1. The molecule has 0 atom stereocenters. The molecule has 0 spiro atoms. The zero-order chi connectivity index (χ0) is 20.8. The minimum atomic E-state index is -0.0997. The van der Waals surface area contributed by atoms with Gasteiger partial charge >= 0.3 is 0 Å². The third-order valence-corrected chi connectivity index (χ3v) is 6.22. The molecule has 2 aromatic rings. The van der Waals surface area contributed by atoms with Gasteiger partial charge in [-0.2, -0.15) is 0 Å². The zero-order valence-electron chi connectivity index (χ0n) is 15.9. The van der Waals surface area contributed by atoms with E-state index in [9.17, 15) is 4.79 Å². The standard InChI is InChI=1S/C22H20INO3S2/c1-3-10-24-21(25)19(29-22(24)28)13-16-11-17(23)20(18(12-16)26-4-2)27-14-15-8-6-5-7-9-15/h3,5-9,11-13H,1,4,10,14H2,2H3/b19-13-. The monoisotopic (exact) mass is 537 g/mol. The molecule has 0 aromatic heterocycles. The van der Waals surface area contributed by atoms with Crippen LogP contribution in [0.25, 0.3) is 6.08 Å². The fourth-order valence-corrected chi connectivity index (χ4v) is 4.80. The minimum absolute atomic E-state index is 0.0997. The molecule has 3 rings (SSSR count). The first-order valence-corrected chi connectivity index (χ1v) is 11.3. The van der Waals surface area contributed by atoms with E-state index >= 15 is 0 Å². The van der Waals surface area contributed by atoms with Crippen molar-refractivity contribution in [1.82, 2.24) is 4.90 Å². The van der Waals surface area contributed by atoms with Gasteiger partial charge in [0.1, 0.15) is 10.9 Å². The second-order valence-electron chi connectivity index (χ2n) is 6.12. The molecule has 7 heteroatoms. The highest BCUT2D eigenvalue weighted by Gasteiger charge is 2.31. The van der Waals surface area contributed by atoms with Gasteiger partial charge in [-0.3, -0.25) is 9.69 Å². The van der Waals surface area contributed by atoms with Crippen molar-refractivity contribution in [2.75, 3.05) is 13.2 Å². The summed E-state index contributed by atoms with van der Waals surface area (Å²) in [6.45, 7) is 7.00. The van der Waals surface area contributed by atoms with Gasteiger partial charge in [-0.25, -0.2) is 0 Å². The van der Waals surface area contributed by atoms with Crippen molar-refractivity contribution < 1.29 is 14.3 Å². The molecule has 1 aliphatic rings. The Bertz CT molecular complexity index is 960. The summed E-state index contributed by atoms with van der Waals surface area (Å²) in [5, 5.41) is 0. The van der Waals surface area contributed by atoms with Gasteiger partial charge in [0.15, 0.2) is 11.5 Å². The first-order valence-electron chi connectivity index (χ1n) is 9.02. The van der Waals surface area contributed by atoms with Gasteiger partial charge < -0.3 is 9.47 Å². The number of nitrogens with zero attached hydrogens (tertiary/aromatic N) is 1.